The Bertz CT molecular complexity index is 599. The number of nitrogens with zero attached hydrogens (tertiary/aromatic N) is 2. The quantitative estimate of drug-likeness (QED) is 0.760. The van der Waals surface area contributed by atoms with E-state index in [-0.39, 0.29) is 4.90 Å². The smallest absolute Gasteiger partial charge is 0.328 e. The van der Waals surface area contributed by atoms with E-state index >= 15 is 0 Å². The van der Waals surface area contributed by atoms with Crippen LogP contribution in [0.25, 0.3) is 6.08 Å². The van der Waals surface area contributed by atoms with Gasteiger partial charge >= 0.3 is 5.97 Å². The largest absolute Gasteiger partial charge is 0.478 e. The molecule has 0 unspecified atom stereocenters. The second-order valence-electron chi connectivity index (χ2n) is 3.94. The highest BCUT2D eigenvalue weighted by Gasteiger charge is 2.20. The van der Waals surface area contributed by atoms with Gasteiger partial charge < -0.3 is 5.11 Å². The Balaban J connectivity index is 3.01. The minimum atomic E-state index is -3.60. The number of carbonyl (C=O) groups is 1. The van der Waals surface area contributed by atoms with E-state index in [1.165, 1.54) is 35.9 Å². The summed E-state index contributed by atoms with van der Waals surface area (Å²) in [5.74, 6) is -0.405. The lowest BCUT2D eigenvalue weighted by Crippen LogP contribution is -2.29. The molecule has 0 bridgehead atoms. The number of aromatic nitrogens is 1. The van der Waals surface area contributed by atoms with Gasteiger partial charge in [-0.1, -0.05) is 0 Å². The third-order valence-electron chi connectivity index (χ3n) is 2.47. The highest BCUT2D eigenvalue weighted by molar-refractivity contribution is 7.98. The van der Waals surface area contributed by atoms with Crippen molar-refractivity contribution in [1.29, 1.82) is 0 Å². The molecule has 1 rings (SSSR count). The highest BCUT2D eigenvalue weighted by Crippen LogP contribution is 2.15. The summed E-state index contributed by atoms with van der Waals surface area (Å²) in [6, 6.07) is 1.40. The normalized spacial score (nSPS) is 12.2. The number of rotatable bonds is 7. The Morgan fingerprint density at radius 2 is 2.20 bits per heavy atom. The number of hydrogen-bond donors (Lipinski definition) is 1. The van der Waals surface area contributed by atoms with E-state index in [4.69, 9.17) is 5.11 Å². The van der Waals surface area contributed by atoms with Gasteiger partial charge in [-0.2, -0.15) is 11.8 Å². The molecule has 0 aromatic carbocycles. The van der Waals surface area contributed by atoms with E-state index in [2.05, 4.69) is 4.98 Å². The molecule has 0 aliphatic heterocycles. The molecule has 0 aliphatic rings. The zero-order chi connectivity index (χ0) is 15.2. The van der Waals surface area contributed by atoms with Gasteiger partial charge in [0.05, 0.1) is 0 Å². The van der Waals surface area contributed by atoms with Gasteiger partial charge in [-0.3, -0.25) is 4.98 Å². The van der Waals surface area contributed by atoms with Crippen molar-refractivity contribution < 1.29 is 18.3 Å². The Kier molecular flexibility index (Phi) is 6.18. The van der Waals surface area contributed by atoms with Crippen molar-refractivity contribution in [3.63, 3.8) is 0 Å². The summed E-state index contributed by atoms with van der Waals surface area (Å²) < 4.78 is 25.8. The molecule has 0 spiro atoms. The molecule has 0 atom stereocenters. The Hall–Kier alpha value is -1.38. The maximum atomic E-state index is 12.3. The first-order valence-corrected chi connectivity index (χ1v) is 8.52. The van der Waals surface area contributed by atoms with Crippen LogP contribution in [-0.4, -0.2) is 54.4 Å². The molecule has 1 N–H and O–H groups in total. The second-order valence-corrected chi connectivity index (χ2v) is 6.98. The topological polar surface area (TPSA) is 87.6 Å². The SMILES string of the molecule is CSCCN(C)S(=O)(=O)c1cncc(/C=C/C(=O)O)c1. The molecule has 0 saturated carbocycles. The number of thioether (sulfide) groups is 1. The molecule has 110 valence electrons. The Labute approximate surface area is 122 Å². The molecular weight excluding hydrogens is 300 g/mol. The molecular formula is C12H16N2O4S2. The van der Waals surface area contributed by atoms with Crippen molar-refractivity contribution in [2.24, 2.45) is 0 Å². The number of pyridine rings is 1. The molecule has 0 fully saturated rings. The van der Waals surface area contributed by atoms with Gasteiger partial charge in [-0.25, -0.2) is 17.5 Å². The first-order valence-electron chi connectivity index (χ1n) is 5.69. The number of carboxylic acids is 1. The van der Waals surface area contributed by atoms with Crippen LogP contribution in [0.3, 0.4) is 0 Å². The molecule has 20 heavy (non-hydrogen) atoms. The van der Waals surface area contributed by atoms with Crippen LogP contribution in [0, 0.1) is 0 Å². The van der Waals surface area contributed by atoms with E-state index < -0.39 is 16.0 Å². The van der Waals surface area contributed by atoms with Crippen LogP contribution in [0.5, 0.6) is 0 Å². The van der Waals surface area contributed by atoms with E-state index in [0.29, 0.717) is 17.9 Å². The fourth-order valence-corrected chi connectivity index (χ4v) is 3.10. The van der Waals surface area contributed by atoms with Gasteiger partial charge in [0.25, 0.3) is 0 Å². The lowest BCUT2D eigenvalue weighted by atomic mass is 10.2. The van der Waals surface area contributed by atoms with Gasteiger partial charge in [0.2, 0.25) is 10.0 Å². The summed E-state index contributed by atoms with van der Waals surface area (Å²) in [7, 11) is -2.09. The minimum Gasteiger partial charge on any atom is -0.478 e. The van der Waals surface area contributed by atoms with Crippen LogP contribution < -0.4 is 0 Å². The molecule has 6 nitrogen and oxygen atoms in total. The predicted octanol–water partition coefficient (Wildman–Crippen LogP) is 1.16. The lowest BCUT2D eigenvalue weighted by molar-refractivity contribution is -0.131. The fraction of sp³-hybridized carbons (Fsp3) is 0.333. The van der Waals surface area contributed by atoms with Gasteiger partial charge in [0.1, 0.15) is 4.90 Å². The van der Waals surface area contributed by atoms with Crippen molar-refractivity contribution >= 4 is 33.8 Å². The Morgan fingerprint density at radius 1 is 1.50 bits per heavy atom. The van der Waals surface area contributed by atoms with Crippen LogP contribution in [0.2, 0.25) is 0 Å². The first-order chi connectivity index (χ1) is 9.37. The van der Waals surface area contributed by atoms with Gasteiger partial charge in [-0.05, 0) is 24.0 Å². The van der Waals surface area contributed by atoms with Crippen molar-refractivity contribution in [3.05, 3.63) is 30.1 Å². The van der Waals surface area contributed by atoms with Crippen molar-refractivity contribution in [1.82, 2.24) is 9.29 Å². The number of hydrogen-bond acceptors (Lipinski definition) is 5. The number of carboxylic acid groups (broad SMARTS) is 1. The Morgan fingerprint density at radius 3 is 2.80 bits per heavy atom. The zero-order valence-electron chi connectivity index (χ0n) is 11.2. The van der Waals surface area contributed by atoms with Crippen LogP contribution in [0.15, 0.2) is 29.4 Å². The van der Waals surface area contributed by atoms with Gasteiger partial charge in [0.15, 0.2) is 0 Å². The number of aliphatic carboxylic acids is 1. The average molecular weight is 316 g/mol. The summed E-state index contributed by atoms with van der Waals surface area (Å²) in [6.45, 7) is 0.401. The van der Waals surface area contributed by atoms with Crippen LogP contribution in [0.4, 0.5) is 0 Å². The minimum absolute atomic E-state index is 0.0497. The zero-order valence-corrected chi connectivity index (χ0v) is 12.8. The van der Waals surface area contributed by atoms with Gasteiger partial charge in [-0.15, -0.1) is 0 Å². The monoisotopic (exact) mass is 316 g/mol. The molecule has 0 radical (unpaired) electrons. The molecule has 8 heteroatoms. The number of sulfonamides is 1. The summed E-state index contributed by atoms with van der Waals surface area (Å²) in [5.41, 5.74) is 0.423. The predicted molar refractivity (Wildman–Crippen MR) is 79.1 cm³/mol. The lowest BCUT2D eigenvalue weighted by Gasteiger charge is -2.16. The summed E-state index contributed by atoms with van der Waals surface area (Å²) in [6.07, 6.45) is 6.80. The van der Waals surface area contributed by atoms with Gasteiger partial charge in [0, 0.05) is 37.8 Å². The molecule has 0 amide bonds. The maximum Gasteiger partial charge on any atom is 0.328 e. The van der Waals surface area contributed by atoms with E-state index in [1.807, 2.05) is 6.26 Å². The fourth-order valence-electron chi connectivity index (χ4n) is 1.36. The van der Waals surface area contributed by atoms with E-state index in [9.17, 15) is 13.2 Å². The van der Waals surface area contributed by atoms with Crippen molar-refractivity contribution in [3.8, 4) is 0 Å². The summed E-state index contributed by atoms with van der Waals surface area (Å²) >= 11 is 1.56. The molecule has 1 aromatic rings. The molecule has 0 saturated heterocycles. The first kappa shape index (κ1) is 16.7. The molecule has 1 aromatic heterocycles. The summed E-state index contributed by atoms with van der Waals surface area (Å²) in [5, 5.41) is 8.55. The molecule has 1 heterocycles. The highest BCUT2D eigenvalue weighted by atomic mass is 32.2. The van der Waals surface area contributed by atoms with E-state index in [1.54, 1.807) is 11.8 Å². The molecule has 0 aliphatic carbocycles. The maximum absolute atomic E-state index is 12.3. The van der Waals surface area contributed by atoms with Crippen molar-refractivity contribution in [2.75, 3.05) is 25.6 Å². The third kappa shape index (κ3) is 4.62. The second kappa shape index (κ2) is 7.41. The van der Waals surface area contributed by atoms with Crippen LogP contribution in [0.1, 0.15) is 5.56 Å². The van der Waals surface area contributed by atoms with Crippen LogP contribution >= 0.6 is 11.8 Å². The third-order valence-corrected chi connectivity index (χ3v) is 4.88. The standard InChI is InChI=1S/C12H16N2O4S2/c1-14(5-6-19-2)20(17,18)11-7-10(8-13-9-11)3-4-12(15)16/h3-4,7-9H,5-6H2,1-2H3,(H,15,16)/b4-3+. The van der Waals surface area contributed by atoms with Crippen molar-refractivity contribution in [2.45, 2.75) is 4.90 Å². The summed E-state index contributed by atoms with van der Waals surface area (Å²) in [4.78, 5) is 14.3. The average Bonchev–Trinajstić information content (AvgIpc) is 2.42. The van der Waals surface area contributed by atoms with Crippen LogP contribution in [-0.2, 0) is 14.8 Å². The van der Waals surface area contributed by atoms with E-state index in [0.717, 1.165) is 6.08 Å².